The second kappa shape index (κ2) is 22.4. The van der Waals surface area contributed by atoms with Crippen LogP contribution >= 0.6 is 0 Å². The second-order valence-corrected chi connectivity index (χ2v) is 12.6. The monoisotopic (exact) mass is 1190 g/mol. The maximum atomic E-state index is 6.09. The predicted octanol–water partition coefficient (Wildman–Crippen LogP) is -7.16. The van der Waals surface area contributed by atoms with E-state index >= 15 is 0 Å². The minimum Gasteiger partial charge on any atom is -1.00 e. The van der Waals surface area contributed by atoms with Gasteiger partial charge in [-0.15, -0.1) is 0 Å². The van der Waals surface area contributed by atoms with Crippen molar-refractivity contribution in [3.05, 3.63) is 146 Å². The van der Waals surface area contributed by atoms with Crippen molar-refractivity contribution in [2.75, 3.05) is 22.9 Å². The second-order valence-electron chi connectivity index (χ2n) is 12.6. The van der Waals surface area contributed by atoms with Crippen molar-refractivity contribution in [1.29, 1.82) is 0 Å². The van der Waals surface area contributed by atoms with E-state index < -0.39 is 0 Å². The van der Waals surface area contributed by atoms with Gasteiger partial charge in [0.2, 0.25) is 22.1 Å². The van der Waals surface area contributed by atoms with Crippen LogP contribution in [0.1, 0.15) is 12.8 Å². The highest BCUT2D eigenvalue weighted by atomic mass is 127. The summed E-state index contributed by atoms with van der Waals surface area (Å²) >= 11 is 0. The number of nitrogens with two attached hydrogens (primary N) is 4. The first kappa shape index (κ1) is 47.8. The molecule has 8 aromatic rings. The Labute approximate surface area is 390 Å². The summed E-state index contributed by atoms with van der Waals surface area (Å²) < 4.78 is 9.08. The van der Waals surface area contributed by atoms with Crippen molar-refractivity contribution in [1.82, 2.24) is 0 Å². The number of fused-ring (bicyclic) bond motifs is 4. The first-order chi connectivity index (χ1) is 24.5. The normalized spacial score (nSPS) is 10.2. The Balaban J connectivity index is 0.000000348. The first-order valence-electron chi connectivity index (χ1n) is 17.1. The molecule has 0 atom stereocenters. The molecule has 0 saturated heterocycles. The highest BCUT2D eigenvalue weighted by Crippen LogP contribution is 2.20. The van der Waals surface area contributed by atoms with Gasteiger partial charge < -0.3 is 124 Å². The molecule has 0 bridgehead atoms. The summed E-state index contributed by atoms with van der Waals surface area (Å²) in [6, 6.07) is 41.0. The van der Waals surface area contributed by atoms with Crippen LogP contribution in [0.15, 0.2) is 146 Å². The molecule has 9 nitrogen and oxygen atoms in total. The van der Waals surface area contributed by atoms with E-state index in [4.69, 9.17) is 22.9 Å². The van der Waals surface area contributed by atoms with E-state index in [2.05, 4.69) is 116 Å². The largest absolute Gasteiger partial charge is 1.00 e. The Kier molecular flexibility index (Phi) is 19.4. The molecule has 288 valence electrons. The van der Waals surface area contributed by atoms with Crippen molar-refractivity contribution < 1.29 is 120 Å². The van der Waals surface area contributed by atoms with Gasteiger partial charge in [-0.25, -0.2) is 0 Å². The maximum absolute atomic E-state index is 6.09. The fraction of sp³-hybridized carbons (Fsp3) is 0.143. The van der Waals surface area contributed by atoms with Crippen LogP contribution < -0.4 is 137 Å². The summed E-state index contributed by atoms with van der Waals surface area (Å²) in [5.74, 6) is 0. The van der Waals surface area contributed by atoms with Gasteiger partial charge in [0.25, 0.3) is 0 Å². The van der Waals surface area contributed by atoms with Crippen LogP contribution in [0, 0.1) is 0 Å². The van der Waals surface area contributed by atoms with Crippen LogP contribution in [0.3, 0.4) is 0 Å². The third kappa shape index (κ3) is 10.9. The molecular weight excluding hydrogens is 1140 g/mol. The van der Waals surface area contributed by atoms with Gasteiger partial charge in [0.1, 0.15) is 0 Å². The number of aryl methyl sites for hydroxylation is 4. The van der Waals surface area contributed by atoms with Crippen molar-refractivity contribution in [2.45, 2.75) is 39.0 Å². The molecule has 10 N–H and O–H groups in total. The number of nitrogen functional groups attached to an aromatic ring is 4. The van der Waals surface area contributed by atoms with Crippen LogP contribution in [0.25, 0.3) is 43.6 Å². The number of aromatic nitrogens is 4. The molecule has 0 amide bonds. The van der Waals surface area contributed by atoms with E-state index in [-0.39, 0.29) is 101 Å². The number of benzene rings is 4. The van der Waals surface area contributed by atoms with E-state index in [9.17, 15) is 0 Å². The van der Waals surface area contributed by atoms with E-state index in [0.717, 1.165) is 83.3 Å². The number of nitrogens with zero attached hydrogens (tertiary/aromatic N) is 4. The van der Waals surface area contributed by atoms with E-state index in [1.54, 1.807) is 0 Å². The van der Waals surface area contributed by atoms with Gasteiger partial charge in [0, 0.05) is 48.5 Å². The molecule has 4 aromatic carbocycles. The van der Waals surface area contributed by atoms with Gasteiger partial charge in [0.05, 0.1) is 57.1 Å². The van der Waals surface area contributed by atoms with Gasteiger partial charge in [-0.1, -0.05) is 48.5 Å². The minimum atomic E-state index is 0. The quantitative estimate of drug-likeness (QED) is 0.0885. The Morgan fingerprint density at radius 2 is 0.509 bits per heavy atom. The van der Waals surface area contributed by atoms with Gasteiger partial charge >= 0.3 is 0 Å². The summed E-state index contributed by atoms with van der Waals surface area (Å²) in [5.41, 5.74) is 32.4. The molecule has 0 fully saturated rings. The lowest BCUT2D eigenvalue weighted by Gasteiger charge is -2.05. The highest BCUT2D eigenvalue weighted by Gasteiger charge is 2.16. The molecule has 0 aliphatic rings. The summed E-state index contributed by atoms with van der Waals surface area (Å²) in [5, 5.41) is 4.43. The predicted molar refractivity (Wildman–Crippen MR) is 207 cm³/mol. The van der Waals surface area contributed by atoms with Gasteiger partial charge in [-0.2, -0.15) is 18.3 Å². The lowest BCUT2D eigenvalue weighted by molar-refractivity contribution is -0.702. The number of halogens is 4. The molecule has 8 rings (SSSR count). The zero-order valence-electron chi connectivity index (χ0n) is 30.2. The smallest absolute Gasteiger partial charge is 0.214 e. The van der Waals surface area contributed by atoms with Crippen molar-refractivity contribution >= 4 is 66.4 Å². The number of pyridine rings is 4. The standard InChI is InChI=1S/2C21H20N4.4HI.H2O/c2*22-18-10-14-24(20-8-3-1-6-16(18)20)12-5-13-25-15-11-19(23)17-7-2-4-9-21(17)25;;;;;/h2*1-4,6-11,14-15,22-23H,5,12-13H2;4*1H;1H2. The SMILES string of the molecule is Nc1cc[n+](CCC[n+]2ccc(N)c3ccccc32)c2ccccc12.Nc1cc[n+](CCC[n+]2ccc(N)c3ccccc32)c2ccccc12.O.[I-].[I-].[I-].[I-]. The summed E-state index contributed by atoms with van der Waals surface area (Å²) in [4.78, 5) is 0. The molecule has 13 heteroatoms. The Morgan fingerprint density at radius 3 is 0.727 bits per heavy atom. The van der Waals surface area contributed by atoms with Crippen LogP contribution in [-0.4, -0.2) is 5.48 Å². The lowest BCUT2D eigenvalue weighted by Crippen LogP contribution is -3.00. The minimum absolute atomic E-state index is 0. The van der Waals surface area contributed by atoms with Crippen LogP contribution in [0.5, 0.6) is 0 Å². The zero-order valence-corrected chi connectivity index (χ0v) is 38.8. The molecule has 0 aliphatic carbocycles. The van der Waals surface area contributed by atoms with Crippen molar-refractivity contribution in [3.8, 4) is 0 Å². The summed E-state index contributed by atoms with van der Waals surface area (Å²) in [7, 11) is 0. The fourth-order valence-corrected chi connectivity index (χ4v) is 6.84. The maximum Gasteiger partial charge on any atom is 0.214 e. The van der Waals surface area contributed by atoms with Gasteiger partial charge in [-0.3, -0.25) is 0 Å². The average Bonchev–Trinajstić information content (AvgIpc) is 3.16. The zero-order chi connectivity index (χ0) is 34.5. The van der Waals surface area contributed by atoms with Crippen LogP contribution in [0.4, 0.5) is 22.7 Å². The van der Waals surface area contributed by atoms with Crippen LogP contribution in [-0.2, 0) is 26.2 Å². The van der Waals surface area contributed by atoms with Crippen LogP contribution in [0.2, 0.25) is 0 Å². The summed E-state index contributed by atoms with van der Waals surface area (Å²) in [6.45, 7) is 3.75. The molecule has 0 radical (unpaired) electrons. The third-order valence-corrected chi connectivity index (χ3v) is 9.43. The van der Waals surface area contributed by atoms with Crippen molar-refractivity contribution in [3.63, 3.8) is 0 Å². The molecule has 0 unspecified atom stereocenters. The number of rotatable bonds is 8. The molecule has 4 heterocycles. The molecule has 55 heavy (non-hydrogen) atoms. The van der Waals surface area contributed by atoms with Crippen molar-refractivity contribution in [2.24, 2.45) is 0 Å². The summed E-state index contributed by atoms with van der Waals surface area (Å²) in [6.07, 6.45) is 10.3. The average molecular weight is 1190 g/mol. The fourth-order valence-electron chi connectivity index (χ4n) is 6.84. The Morgan fingerprint density at radius 1 is 0.309 bits per heavy atom. The van der Waals surface area contributed by atoms with Gasteiger partial charge in [0.15, 0.2) is 51.0 Å². The Hall–Kier alpha value is -3.40. The number of hydrogen-bond acceptors (Lipinski definition) is 4. The lowest BCUT2D eigenvalue weighted by atomic mass is 10.1. The van der Waals surface area contributed by atoms with E-state index in [1.807, 2.05) is 48.5 Å². The van der Waals surface area contributed by atoms with E-state index in [1.165, 1.54) is 22.1 Å². The third-order valence-electron chi connectivity index (χ3n) is 9.43. The topological polar surface area (TPSA) is 151 Å². The number of para-hydroxylation sites is 4. The first-order valence-corrected chi connectivity index (χ1v) is 17.1. The highest BCUT2D eigenvalue weighted by molar-refractivity contribution is 5.89. The molecular formula is C42H46I4N8O. The molecule has 0 saturated carbocycles. The van der Waals surface area contributed by atoms with Gasteiger partial charge in [-0.05, 0) is 24.3 Å². The Bertz CT molecular complexity index is 2140. The molecule has 4 aromatic heterocycles. The number of hydrogen-bond donors (Lipinski definition) is 4. The van der Waals surface area contributed by atoms with E-state index in [0.29, 0.717) is 0 Å². The molecule has 0 aliphatic heterocycles. The molecule has 0 spiro atoms. The number of anilines is 4.